The molecule has 7 nitrogen and oxygen atoms in total. The lowest BCUT2D eigenvalue weighted by molar-refractivity contribution is -0.0455. The fourth-order valence-corrected chi connectivity index (χ4v) is 3.06. The van der Waals surface area contributed by atoms with Crippen molar-refractivity contribution in [3.05, 3.63) is 71.6 Å². The molecule has 150 valence electrons. The number of hydrogen-bond donors (Lipinski definition) is 0. The molecule has 1 aromatic heterocycles. The van der Waals surface area contributed by atoms with Crippen molar-refractivity contribution in [3.8, 4) is 17.2 Å². The van der Waals surface area contributed by atoms with Gasteiger partial charge in [-0.3, -0.25) is 0 Å². The predicted octanol–water partition coefficient (Wildman–Crippen LogP) is 4.14. The first kappa shape index (κ1) is 19.2. The summed E-state index contributed by atoms with van der Waals surface area (Å²) in [6.07, 6.45) is 0.750. The second-order valence-electron chi connectivity index (χ2n) is 6.32. The number of esters is 1. The van der Waals surface area contributed by atoms with E-state index in [1.165, 1.54) is 6.20 Å². The number of nitrogens with zero attached hydrogens (tertiary/aromatic N) is 1. The van der Waals surface area contributed by atoms with E-state index in [-0.39, 0.29) is 18.3 Å². The summed E-state index contributed by atoms with van der Waals surface area (Å²) in [7, 11) is 0. The Kier molecular flexibility index (Phi) is 5.88. The minimum atomic E-state index is -0.602. The van der Waals surface area contributed by atoms with Gasteiger partial charge in [0.15, 0.2) is 6.29 Å². The minimum absolute atomic E-state index is 0.0386. The summed E-state index contributed by atoms with van der Waals surface area (Å²) in [5.74, 6) is 0.357. The van der Waals surface area contributed by atoms with E-state index in [0.717, 1.165) is 5.56 Å². The van der Waals surface area contributed by atoms with Crippen molar-refractivity contribution in [1.29, 1.82) is 0 Å². The largest absolute Gasteiger partial charge is 0.488 e. The molecule has 2 heterocycles. The topological polar surface area (TPSA) is 80.0 Å². The maximum Gasteiger partial charge on any atom is 0.375 e. The van der Waals surface area contributed by atoms with Crippen LogP contribution in [0.2, 0.25) is 0 Å². The number of carbonyl (C=O) groups is 1. The molecule has 1 fully saturated rings. The van der Waals surface area contributed by atoms with E-state index in [2.05, 4.69) is 4.98 Å². The van der Waals surface area contributed by atoms with E-state index in [0.29, 0.717) is 36.7 Å². The molecule has 4 rings (SSSR count). The van der Waals surface area contributed by atoms with Gasteiger partial charge < -0.3 is 23.4 Å². The van der Waals surface area contributed by atoms with Gasteiger partial charge >= 0.3 is 5.97 Å². The number of benzene rings is 2. The molecule has 0 saturated carbocycles. The molecule has 0 unspecified atom stereocenters. The minimum Gasteiger partial charge on any atom is -0.488 e. The van der Waals surface area contributed by atoms with Crippen molar-refractivity contribution < 1.29 is 28.2 Å². The van der Waals surface area contributed by atoms with Crippen molar-refractivity contribution in [2.75, 3.05) is 19.8 Å². The zero-order chi connectivity index (χ0) is 20.1. The van der Waals surface area contributed by atoms with Gasteiger partial charge in [0, 0.05) is 5.56 Å². The molecule has 2 aromatic carbocycles. The number of hydrogen-bond acceptors (Lipinski definition) is 7. The summed E-state index contributed by atoms with van der Waals surface area (Å²) in [6, 6.07) is 15.4. The lowest BCUT2D eigenvalue weighted by atomic mass is 10.1. The van der Waals surface area contributed by atoms with E-state index >= 15 is 0 Å². The van der Waals surface area contributed by atoms with Gasteiger partial charge in [0.2, 0.25) is 11.7 Å². The molecule has 3 aromatic rings. The van der Waals surface area contributed by atoms with Gasteiger partial charge in [-0.15, -0.1) is 0 Å². The van der Waals surface area contributed by atoms with Crippen LogP contribution in [0.5, 0.6) is 5.75 Å². The van der Waals surface area contributed by atoms with Gasteiger partial charge in [-0.2, -0.15) is 0 Å². The fraction of sp³-hybridized carbons (Fsp3) is 0.273. The molecule has 0 aliphatic carbocycles. The molecular formula is C22H21NO6. The standard InChI is InChI=1S/C22H21NO6/c1-2-25-21(24)18-13-23-20(29-18)16-9-6-10-17(19(16)22-26-11-12-27-22)28-14-15-7-4-3-5-8-15/h3-10,13,22H,2,11-12,14H2,1H3. The monoisotopic (exact) mass is 395 g/mol. The lowest BCUT2D eigenvalue weighted by Gasteiger charge is -2.18. The smallest absolute Gasteiger partial charge is 0.375 e. The third kappa shape index (κ3) is 4.31. The summed E-state index contributed by atoms with van der Waals surface area (Å²) in [6.45, 7) is 3.35. The first-order chi connectivity index (χ1) is 14.3. The van der Waals surface area contributed by atoms with Crippen LogP contribution in [0.15, 0.2) is 59.1 Å². The van der Waals surface area contributed by atoms with Crippen LogP contribution >= 0.6 is 0 Å². The Hall–Kier alpha value is -3.16. The highest BCUT2D eigenvalue weighted by Gasteiger charge is 2.28. The fourth-order valence-electron chi connectivity index (χ4n) is 3.06. The summed E-state index contributed by atoms with van der Waals surface area (Å²) < 4.78 is 28.1. The van der Waals surface area contributed by atoms with Crippen molar-refractivity contribution >= 4 is 5.97 Å². The van der Waals surface area contributed by atoms with E-state index in [9.17, 15) is 4.79 Å². The first-order valence-corrected chi connectivity index (χ1v) is 9.42. The highest BCUT2D eigenvalue weighted by molar-refractivity contribution is 5.86. The van der Waals surface area contributed by atoms with Crippen LogP contribution in [0.1, 0.15) is 34.9 Å². The van der Waals surface area contributed by atoms with Gasteiger partial charge in [0.25, 0.3) is 0 Å². The lowest BCUT2D eigenvalue weighted by Crippen LogP contribution is -2.06. The van der Waals surface area contributed by atoms with E-state index in [4.69, 9.17) is 23.4 Å². The number of oxazole rings is 1. The summed E-state index contributed by atoms with van der Waals surface area (Å²) in [5, 5.41) is 0. The molecule has 0 atom stereocenters. The molecule has 29 heavy (non-hydrogen) atoms. The second-order valence-corrected chi connectivity index (χ2v) is 6.32. The summed E-state index contributed by atoms with van der Waals surface area (Å²) in [5.41, 5.74) is 2.36. The number of ether oxygens (including phenoxy) is 4. The van der Waals surface area contributed by atoms with Gasteiger partial charge in [0.05, 0.1) is 31.6 Å². The zero-order valence-corrected chi connectivity index (χ0v) is 16.0. The van der Waals surface area contributed by atoms with Gasteiger partial charge in [-0.1, -0.05) is 36.4 Å². The number of rotatable bonds is 7. The third-order valence-electron chi connectivity index (χ3n) is 4.37. The van der Waals surface area contributed by atoms with E-state index in [1.807, 2.05) is 48.5 Å². The highest BCUT2D eigenvalue weighted by Crippen LogP contribution is 2.39. The predicted molar refractivity (Wildman–Crippen MR) is 103 cm³/mol. The molecule has 0 bridgehead atoms. The van der Waals surface area contributed by atoms with E-state index in [1.54, 1.807) is 6.92 Å². The molecule has 1 saturated heterocycles. The van der Waals surface area contributed by atoms with Crippen LogP contribution in [0, 0.1) is 0 Å². The van der Waals surface area contributed by atoms with Crippen molar-refractivity contribution in [3.63, 3.8) is 0 Å². The second kappa shape index (κ2) is 8.89. The van der Waals surface area contributed by atoms with Crippen molar-refractivity contribution in [1.82, 2.24) is 4.98 Å². The Bertz CT molecular complexity index is 962. The number of aromatic nitrogens is 1. The maximum absolute atomic E-state index is 11.9. The Morgan fingerprint density at radius 1 is 1.10 bits per heavy atom. The molecule has 7 heteroatoms. The van der Waals surface area contributed by atoms with Gasteiger partial charge in [-0.25, -0.2) is 9.78 Å². The molecule has 0 N–H and O–H groups in total. The quantitative estimate of drug-likeness (QED) is 0.556. The molecule has 0 amide bonds. The SMILES string of the molecule is CCOC(=O)c1cnc(-c2cccc(OCc3ccccc3)c2C2OCCO2)o1. The Balaban J connectivity index is 1.67. The van der Waals surface area contributed by atoms with Gasteiger partial charge in [-0.05, 0) is 24.6 Å². The molecule has 1 aliphatic rings. The Labute approximate surface area is 168 Å². The summed E-state index contributed by atoms with van der Waals surface area (Å²) >= 11 is 0. The Morgan fingerprint density at radius 3 is 2.66 bits per heavy atom. The van der Waals surface area contributed by atoms with Crippen LogP contribution in [-0.4, -0.2) is 30.8 Å². The number of carbonyl (C=O) groups excluding carboxylic acids is 1. The molecular weight excluding hydrogens is 374 g/mol. The van der Waals surface area contributed by atoms with Crippen LogP contribution in [0.4, 0.5) is 0 Å². The van der Waals surface area contributed by atoms with Crippen LogP contribution in [-0.2, 0) is 20.8 Å². The molecule has 0 spiro atoms. The summed E-state index contributed by atoms with van der Waals surface area (Å²) in [4.78, 5) is 16.2. The molecule has 0 radical (unpaired) electrons. The third-order valence-corrected chi connectivity index (χ3v) is 4.37. The van der Waals surface area contributed by atoms with Crippen LogP contribution < -0.4 is 4.74 Å². The maximum atomic E-state index is 11.9. The van der Waals surface area contributed by atoms with Gasteiger partial charge in [0.1, 0.15) is 12.4 Å². The zero-order valence-electron chi connectivity index (χ0n) is 16.0. The molecule has 1 aliphatic heterocycles. The van der Waals surface area contributed by atoms with E-state index < -0.39 is 12.3 Å². The normalized spacial score (nSPS) is 14.1. The average molecular weight is 395 g/mol. The van der Waals surface area contributed by atoms with Crippen molar-refractivity contribution in [2.24, 2.45) is 0 Å². The van der Waals surface area contributed by atoms with Crippen LogP contribution in [0.25, 0.3) is 11.5 Å². The average Bonchev–Trinajstić information content (AvgIpc) is 3.45. The highest BCUT2D eigenvalue weighted by atomic mass is 16.7. The van der Waals surface area contributed by atoms with Crippen molar-refractivity contribution in [2.45, 2.75) is 19.8 Å². The Morgan fingerprint density at radius 2 is 1.90 bits per heavy atom. The first-order valence-electron chi connectivity index (χ1n) is 9.42. The van der Waals surface area contributed by atoms with Crippen LogP contribution in [0.3, 0.4) is 0 Å².